The lowest BCUT2D eigenvalue weighted by Gasteiger charge is -2.36. The first kappa shape index (κ1) is 20.9. The van der Waals surface area contributed by atoms with Gasteiger partial charge >= 0.3 is 6.03 Å². The molecule has 3 atom stereocenters. The van der Waals surface area contributed by atoms with Crippen molar-refractivity contribution >= 4 is 11.9 Å². The van der Waals surface area contributed by atoms with Crippen molar-refractivity contribution < 1.29 is 19.4 Å². The van der Waals surface area contributed by atoms with Crippen molar-refractivity contribution in [2.75, 3.05) is 32.8 Å². The van der Waals surface area contributed by atoms with E-state index in [9.17, 15) is 14.7 Å². The maximum absolute atomic E-state index is 12.1. The van der Waals surface area contributed by atoms with Crippen LogP contribution in [0.4, 0.5) is 4.79 Å². The number of urea groups is 1. The molecule has 0 unspecified atom stereocenters. The summed E-state index contributed by atoms with van der Waals surface area (Å²) < 4.78 is 5.84. The van der Waals surface area contributed by atoms with Gasteiger partial charge in [0.15, 0.2) is 0 Å². The molecule has 0 aliphatic carbocycles. The van der Waals surface area contributed by atoms with Gasteiger partial charge in [0.1, 0.15) is 6.10 Å². The molecule has 2 fully saturated rings. The lowest BCUT2D eigenvalue weighted by molar-refractivity contribution is -0.130. The molecule has 0 spiro atoms. The molecule has 150 valence electrons. The van der Waals surface area contributed by atoms with Gasteiger partial charge in [-0.25, -0.2) is 4.79 Å². The zero-order valence-electron chi connectivity index (χ0n) is 16.0. The van der Waals surface area contributed by atoms with Gasteiger partial charge in [-0.05, 0) is 52.6 Å². The van der Waals surface area contributed by atoms with E-state index in [1.807, 2.05) is 13.8 Å². The molecule has 26 heavy (non-hydrogen) atoms. The van der Waals surface area contributed by atoms with Crippen molar-refractivity contribution in [2.24, 2.45) is 0 Å². The third-order valence-electron chi connectivity index (χ3n) is 4.89. The summed E-state index contributed by atoms with van der Waals surface area (Å²) in [5, 5.41) is 18.1. The van der Waals surface area contributed by atoms with Crippen molar-refractivity contribution in [3.8, 4) is 0 Å². The molecule has 0 bridgehead atoms. The molecule has 2 aliphatic heterocycles. The Kier molecular flexibility index (Phi) is 8.61. The predicted octanol–water partition coefficient (Wildman–Crippen LogP) is 0.205. The van der Waals surface area contributed by atoms with Crippen LogP contribution >= 0.6 is 0 Å². The minimum atomic E-state index is -0.482. The molecule has 2 aliphatic rings. The number of nitrogens with one attached hydrogen (secondary N) is 3. The van der Waals surface area contributed by atoms with E-state index in [0.717, 1.165) is 19.6 Å². The van der Waals surface area contributed by atoms with Crippen LogP contribution in [0.5, 0.6) is 0 Å². The lowest BCUT2D eigenvalue weighted by atomic mass is 9.97. The van der Waals surface area contributed by atoms with Crippen LogP contribution in [0.25, 0.3) is 0 Å². The Balaban J connectivity index is 1.68. The highest BCUT2D eigenvalue weighted by molar-refractivity contribution is 5.76. The molecule has 8 heteroatoms. The number of carbonyl (C=O) groups is 2. The minimum Gasteiger partial charge on any atom is -0.394 e. The molecular formula is C18H34N4O4. The van der Waals surface area contributed by atoms with Crippen molar-refractivity contribution in [2.45, 2.75) is 70.2 Å². The molecule has 8 nitrogen and oxygen atoms in total. The number of ether oxygens (including phenoxy) is 1. The fourth-order valence-corrected chi connectivity index (χ4v) is 3.56. The zero-order valence-corrected chi connectivity index (χ0v) is 16.0. The van der Waals surface area contributed by atoms with Gasteiger partial charge < -0.3 is 30.7 Å². The third-order valence-corrected chi connectivity index (χ3v) is 4.89. The second-order valence-corrected chi connectivity index (χ2v) is 7.54. The fourth-order valence-electron chi connectivity index (χ4n) is 3.56. The quantitative estimate of drug-likeness (QED) is 0.489. The van der Waals surface area contributed by atoms with E-state index in [-0.39, 0.29) is 36.7 Å². The molecule has 3 amide bonds. The minimum absolute atomic E-state index is 0.0187. The number of aliphatic hydroxyl groups is 1. The van der Waals surface area contributed by atoms with Gasteiger partial charge in [0.25, 0.3) is 0 Å². The summed E-state index contributed by atoms with van der Waals surface area (Å²) in [7, 11) is 0. The van der Waals surface area contributed by atoms with Crippen LogP contribution in [0.3, 0.4) is 0 Å². The Morgan fingerprint density at radius 1 is 1.23 bits per heavy atom. The van der Waals surface area contributed by atoms with Crippen LogP contribution in [0.1, 0.15) is 46.0 Å². The normalized spacial score (nSPS) is 26.7. The van der Waals surface area contributed by atoms with Gasteiger partial charge in [-0.15, -0.1) is 0 Å². The van der Waals surface area contributed by atoms with Gasteiger partial charge in [0.2, 0.25) is 5.91 Å². The molecule has 0 aromatic heterocycles. The molecule has 2 rings (SSSR count). The Morgan fingerprint density at radius 3 is 2.62 bits per heavy atom. The maximum atomic E-state index is 12.1. The Hall–Kier alpha value is -1.38. The predicted molar refractivity (Wildman–Crippen MR) is 98.9 cm³/mol. The van der Waals surface area contributed by atoms with Crippen LogP contribution in [0.15, 0.2) is 0 Å². The van der Waals surface area contributed by atoms with E-state index in [1.54, 1.807) is 0 Å². The summed E-state index contributed by atoms with van der Waals surface area (Å²) in [6.07, 6.45) is 3.45. The van der Waals surface area contributed by atoms with E-state index in [0.29, 0.717) is 25.8 Å². The largest absolute Gasteiger partial charge is 0.394 e. The molecule has 0 radical (unpaired) electrons. The van der Waals surface area contributed by atoms with E-state index >= 15 is 0 Å². The van der Waals surface area contributed by atoms with Crippen molar-refractivity contribution in [1.82, 2.24) is 20.9 Å². The number of likely N-dealkylation sites (tertiary alicyclic amines) is 1. The molecule has 0 aromatic rings. The van der Waals surface area contributed by atoms with Gasteiger partial charge in [-0.2, -0.15) is 0 Å². The Labute approximate surface area is 156 Å². The highest BCUT2D eigenvalue weighted by atomic mass is 16.5. The number of hydrogen-bond acceptors (Lipinski definition) is 5. The van der Waals surface area contributed by atoms with E-state index in [4.69, 9.17) is 4.74 Å². The number of amides is 3. The average molecular weight is 370 g/mol. The molecule has 2 heterocycles. The Bertz CT molecular complexity index is 454. The summed E-state index contributed by atoms with van der Waals surface area (Å²) in [5.74, 6) is -0.0187. The van der Waals surface area contributed by atoms with Crippen molar-refractivity contribution in [3.05, 3.63) is 0 Å². The second kappa shape index (κ2) is 10.7. The molecule has 4 N–H and O–H groups in total. The van der Waals surface area contributed by atoms with Crippen LogP contribution in [-0.2, 0) is 9.53 Å². The zero-order chi connectivity index (χ0) is 18.9. The highest BCUT2D eigenvalue weighted by Crippen LogP contribution is 2.22. The first-order valence-corrected chi connectivity index (χ1v) is 9.80. The van der Waals surface area contributed by atoms with Crippen LogP contribution in [0, 0.1) is 0 Å². The SMILES string of the molecule is CC(C)NC(=O)N[C@@H]1CC[C@H](CC(=O)NCCN2CCCC2)O[C@@H]1CO. The molecule has 0 aromatic carbocycles. The molecular weight excluding hydrogens is 336 g/mol. The maximum Gasteiger partial charge on any atom is 0.315 e. The summed E-state index contributed by atoms with van der Waals surface area (Å²) in [6.45, 7) is 7.40. The van der Waals surface area contributed by atoms with Gasteiger partial charge in [0, 0.05) is 19.1 Å². The summed E-state index contributed by atoms with van der Waals surface area (Å²) >= 11 is 0. The van der Waals surface area contributed by atoms with E-state index in [2.05, 4.69) is 20.9 Å². The fraction of sp³-hybridized carbons (Fsp3) is 0.889. The van der Waals surface area contributed by atoms with Crippen LogP contribution in [0.2, 0.25) is 0 Å². The number of aliphatic hydroxyl groups excluding tert-OH is 1. The van der Waals surface area contributed by atoms with Gasteiger partial charge in [-0.3, -0.25) is 4.79 Å². The standard InChI is InChI=1S/C18H34N4O4/c1-13(2)20-18(25)21-15-6-5-14(26-16(15)12-23)11-17(24)19-7-10-22-8-3-4-9-22/h13-16,23H,3-12H2,1-2H3,(H,19,24)(H2,20,21,25)/t14-,15-,16-/m1/s1. The number of rotatable bonds is 8. The monoisotopic (exact) mass is 370 g/mol. The number of hydrogen-bond donors (Lipinski definition) is 4. The average Bonchev–Trinajstić information content (AvgIpc) is 3.08. The summed E-state index contributed by atoms with van der Waals surface area (Å²) in [5.41, 5.74) is 0. The lowest BCUT2D eigenvalue weighted by Crippen LogP contribution is -2.54. The van der Waals surface area contributed by atoms with Crippen molar-refractivity contribution in [3.63, 3.8) is 0 Å². The first-order chi connectivity index (χ1) is 12.5. The van der Waals surface area contributed by atoms with Crippen LogP contribution in [-0.4, -0.2) is 79.0 Å². The summed E-state index contributed by atoms with van der Waals surface area (Å²) in [6, 6.07) is -0.456. The summed E-state index contributed by atoms with van der Waals surface area (Å²) in [4.78, 5) is 26.3. The first-order valence-electron chi connectivity index (χ1n) is 9.80. The smallest absolute Gasteiger partial charge is 0.315 e. The van der Waals surface area contributed by atoms with Gasteiger partial charge in [0.05, 0.1) is 25.2 Å². The highest BCUT2D eigenvalue weighted by Gasteiger charge is 2.32. The van der Waals surface area contributed by atoms with E-state index in [1.165, 1.54) is 12.8 Å². The molecule has 0 saturated carbocycles. The van der Waals surface area contributed by atoms with E-state index < -0.39 is 6.10 Å². The van der Waals surface area contributed by atoms with Crippen molar-refractivity contribution in [1.29, 1.82) is 0 Å². The number of carbonyl (C=O) groups excluding carboxylic acids is 2. The number of nitrogens with zero attached hydrogens (tertiary/aromatic N) is 1. The third kappa shape index (κ3) is 7.09. The van der Waals surface area contributed by atoms with Crippen LogP contribution < -0.4 is 16.0 Å². The molecule has 2 saturated heterocycles. The Morgan fingerprint density at radius 2 is 1.96 bits per heavy atom. The topological polar surface area (TPSA) is 103 Å². The second-order valence-electron chi connectivity index (χ2n) is 7.54. The van der Waals surface area contributed by atoms with Gasteiger partial charge in [-0.1, -0.05) is 0 Å².